The molecule has 2 rings (SSSR count). The summed E-state index contributed by atoms with van der Waals surface area (Å²) in [4.78, 5) is 11.0. The number of fused-ring (bicyclic) bond motifs is 2. The summed E-state index contributed by atoms with van der Waals surface area (Å²) in [5.41, 5.74) is 0. The molecule has 0 aromatic heterocycles. The molecule has 0 unspecified atom stereocenters. The molecular formula is C7H11NOS. The number of rotatable bonds is 0. The lowest BCUT2D eigenvalue weighted by Gasteiger charge is -2.34. The Labute approximate surface area is 64.8 Å². The normalized spacial score (nSPS) is 39.8. The summed E-state index contributed by atoms with van der Waals surface area (Å²) in [5.74, 6) is 2.71. The molecular weight excluding hydrogens is 146 g/mol. The molecule has 0 aromatic carbocycles. The zero-order chi connectivity index (χ0) is 6.97. The minimum absolute atomic E-state index is 0.453. The molecule has 0 radical (unpaired) electrons. The van der Waals surface area contributed by atoms with Gasteiger partial charge < -0.3 is 5.32 Å². The molecule has 56 valence electrons. The molecule has 10 heavy (non-hydrogen) atoms. The SMILES string of the molecule is O=C1C[C@H]2CSC[C@@H](C1)N2. The first kappa shape index (κ1) is 6.68. The first-order chi connectivity index (χ1) is 4.84. The molecule has 0 aromatic rings. The maximum atomic E-state index is 11.0. The Morgan fingerprint density at radius 1 is 1.30 bits per heavy atom. The van der Waals surface area contributed by atoms with Gasteiger partial charge >= 0.3 is 0 Å². The fraction of sp³-hybridized carbons (Fsp3) is 0.857. The van der Waals surface area contributed by atoms with Crippen LogP contribution in [-0.2, 0) is 4.79 Å². The van der Waals surface area contributed by atoms with Crippen molar-refractivity contribution in [3.8, 4) is 0 Å². The van der Waals surface area contributed by atoms with Crippen molar-refractivity contribution in [2.75, 3.05) is 11.5 Å². The third kappa shape index (κ3) is 1.20. The Morgan fingerprint density at radius 2 is 1.90 bits per heavy atom. The van der Waals surface area contributed by atoms with Crippen molar-refractivity contribution >= 4 is 17.5 Å². The molecule has 2 saturated heterocycles. The second-order valence-electron chi connectivity index (χ2n) is 3.04. The summed E-state index contributed by atoms with van der Waals surface area (Å²) in [5, 5.41) is 3.44. The Bertz CT molecular complexity index is 146. The Morgan fingerprint density at radius 3 is 2.50 bits per heavy atom. The average Bonchev–Trinajstić information content (AvgIpc) is 1.85. The lowest BCUT2D eigenvalue weighted by Crippen LogP contribution is -2.51. The number of carbonyl (C=O) groups is 1. The minimum Gasteiger partial charge on any atom is -0.309 e. The third-order valence-electron chi connectivity index (χ3n) is 2.06. The highest BCUT2D eigenvalue weighted by molar-refractivity contribution is 7.99. The average molecular weight is 157 g/mol. The van der Waals surface area contributed by atoms with Crippen LogP contribution in [0.2, 0.25) is 0 Å². The number of hydrogen-bond acceptors (Lipinski definition) is 3. The second kappa shape index (κ2) is 2.55. The monoisotopic (exact) mass is 157 g/mol. The van der Waals surface area contributed by atoms with Crippen LogP contribution in [0.15, 0.2) is 0 Å². The van der Waals surface area contributed by atoms with Crippen molar-refractivity contribution in [3.63, 3.8) is 0 Å². The van der Waals surface area contributed by atoms with E-state index in [1.54, 1.807) is 0 Å². The van der Waals surface area contributed by atoms with Gasteiger partial charge in [-0.2, -0.15) is 11.8 Å². The second-order valence-corrected chi connectivity index (χ2v) is 4.12. The van der Waals surface area contributed by atoms with E-state index in [4.69, 9.17) is 0 Å². The molecule has 0 saturated carbocycles. The van der Waals surface area contributed by atoms with Crippen LogP contribution in [0.25, 0.3) is 0 Å². The van der Waals surface area contributed by atoms with E-state index >= 15 is 0 Å². The van der Waals surface area contributed by atoms with Crippen molar-refractivity contribution in [1.82, 2.24) is 5.32 Å². The van der Waals surface area contributed by atoms with Crippen LogP contribution < -0.4 is 5.32 Å². The molecule has 2 aliphatic rings. The van der Waals surface area contributed by atoms with Gasteiger partial charge in [0.1, 0.15) is 5.78 Å². The molecule has 2 bridgehead atoms. The highest BCUT2D eigenvalue weighted by Crippen LogP contribution is 2.21. The number of carbonyl (C=O) groups excluding carboxylic acids is 1. The predicted octanol–water partition coefficient (Wildman–Crippen LogP) is 0.423. The Hall–Kier alpha value is -0.0200. The van der Waals surface area contributed by atoms with E-state index in [0.29, 0.717) is 17.9 Å². The van der Waals surface area contributed by atoms with E-state index in [1.807, 2.05) is 11.8 Å². The van der Waals surface area contributed by atoms with Gasteiger partial charge in [-0.05, 0) is 0 Å². The summed E-state index contributed by atoms with van der Waals surface area (Å²) in [6, 6.07) is 0.981. The molecule has 2 aliphatic heterocycles. The summed E-state index contributed by atoms with van der Waals surface area (Å²) in [7, 11) is 0. The smallest absolute Gasteiger partial charge is 0.136 e. The number of ketones is 1. The van der Waals surface area contributed by atoms with Gasteiger partial charge in [-0.15, -0.1) is 0 Å². The fourth-order valence-corrected chi connectivity index (χ4v) is 2.78. The van der Waals surface area contributed by atoms with Crippen molar-refractivity contribution in [2.45, 2.75) is 24.9 Å². The molecule has 2 nitrogen and oxygen atoms in total. The number of nitrogens with one attached hydrogen (secondary N) is 1. The minimum atomic E-state index is 0.453. The van der Waals surface area contributed by atoms with Crippen molar-refractivity contribution in [3.05, 3.63) is 0 Å². The van der Waals surface area contributed by atoms with Crippen LogP contribution in [0.1, 0.15) is 12.8 Å². The maximum absolute atomic E-state index is 11.0. The molecule has 3 heteroatoms. The van der Waals surface area contributed by atoms with Gasteiger partial charge in [0.15, 0.2) is 0 Å². The topological polar surface area (TPSA) is 29.1 Å². The van der Waals surface area contributed by atoms with Crippen molar-refractivity contribution in [2.24, 2.45) is 0 Å². The van der Waals surface area contributed by atoms with Gasteiger partial charge in [-0.3, -0.25) is 4.79 Å². The molecule has 2 heterocycles. The van der Waals surface area contributed by atoms with E-state index in [0.717, 1.165) is 24.3 Å². The summed E-state index contributed by atoms with van der Waals surface area (Å²) < 4.78 is 0. The first-order valence-corrected chi connectivity index (χ1v) is 4.85. The number of piperidine rings is 1. The first-order valence-electron chi connectivity index (χ1n) is 3.70. The molecule has 0 spiro atoms. The molecule has 0 aliphatic carbocycles. The van der Waals surface area contributed by atoms with Gasteiger partial charge in [-0.1, -0.05) is 0 Å². The molecule has 1 N–H and O–H groups in total. The van der Waals surface area contributed by atoms with Gasteiger partial charge in [0.2, 0.25) is 0 Å². The van der Waals surface area contributed by atoms with E-state index < -0.39 is 0 Å². The van der Waals surface area contributed by atoms with E-state index in [-0.39, 0.29) is 0 Å². The summed E-state index contributed by atoms with van der Waals surface area (Å²) in [6.07, 6.45) is 1.53. The van der Waals surface area contributed by atoms with E-state index in [1.165, 1.54) is 0 Å². The van der Waals surface area contributed by atoms with Crippen molar-refractivity contribution < 1.29 is 4.79 Å². The maximum Gasteiger partial charge on any atom is 0.136 e. The van der Waals surface area contributed by atoms with E-state index in [2.05, 4.69) is 5.32 Å². The van der Waals surface area contributed by atoms with Gasteiger partial charge in [0.05, 0.1) is 0 Å². The van der Waals surface area contributed by atoms with Crippen LogP contribution in [0.3, 0.4) is 0 Å². The van der Waals surface area contributed by atoms with Crippen LogP contribution >= 0.6 is 11.8 Å². The van der Waals surface area contributed by atoms with Gasteiger partial charge in [-0.25, -0.2) is 0 Å². The molecule has 0 amide bonds. The fourth-order valence-electron chi connectivity index (χ4n) is 1.65. The number of thioether (sulfide) groups is 1. The van der Waals surface area contributed by atoms with E-state index in [9.17, 15) is 4.79 Å². The highest BCUT2D eigenvalue weighted by Gasteiger charge is 2.29. The lowest BCUT2D eigenvalue weighted by molar-refractivity contribution is -0.121. The number of Topliss-reactive ketones (excluding diaryl/α,β-unsaturated/α-hetero) is 1. The van der Waals surface area contributed by atoms with Gasteiger partial charge in [0, 0.05) is 36.4 Å². The Kier molecular flexibility index (Phi) is 1.70. The van der Waals surface area contributed by atoms with Crippen LogP contribution in [0.5, 0.6) is 0 Å². The summed E-state index contributed by atoms with van der Waals surface area (Å²) in [6.45, 7) is 0. The molecule has 2 fully saturated rings. The largest absolute Gasteiger partial charge is 0.309 e. The quantitative estimate of drug-likeness (QED) is 0.552. The zero-order valence-corrected chi connectivity index (χ0v) is 6.62. The number of hydrogen-bond donors (Lipinski definition) is 1. The lowest BCUT2D eigenvalue weighted by atomic mass is 9.99. The molecule has 2 atom stereocenters. The Balaban J connectivity index is 2.05. The van der Waals surface area contributed by atoms with Crippen LogP contribution in [0.4, 0.5) is 0 Å². The third-order valence-corrected chi connectivity index (χ3v) is 3.33. The van der Waals surface area contributed by atoms with Crippen molar-refractivity contribution in [1.29, 1.82) is 0 Å². The standard InChI is InChI=1S/C7H11NOS/c9-7-1-5-3-10-4-6(2-7)8-5/h5-6,8H,1-4H2/t5-,6+. The summed E-state index contributed by atoms with van der Waals surface area (Å²) >= 11 is 1.97. The predicted molar refractivity (Wildman–Crippen MR) is 42.3 cm³/mol. The van der Waals surface area contributed by atoms with Crippen LogP contribution in [-0.4, -0.2) is 29.4 Å². The van der Waals surface area contributed by atoms with Crippen LogP contribution in [0, 0.1) is 0 Å². The van der Waals surface area contributed by atoms with Gasteiger partial charge in [0.25, 0.3) is 0 Å². The highest BCUT2D eigenvalue weighted by atomic mass is 32.2. The zero-order valence-electron chi connectivity index (χ0n) is 5.80.